The summed E-state index contributed by atoms with van der Waals surface area (Å²) < 4.78 is 12.0. The summed E-state index contributed by atoms with van der Waals surface area (Å²) in [6, 6.07) is 0. The zero-order chi connectivity index (χ0) is 7.49. The first-order valence-electron chi connectivity index (χ1n) is 3.33. The second kappa shape index (κ2) is 3.16. The van der Waals surface area contributed by atoms with Crippen molar-refractivity contribution in [3.8, 4) is 0 Å². The first kappa shape index (κ1) is 8.89. The van der Waals surface area contributed by atoms with E-state index in [1.54, 1.807) is 6.92 Å². The molecule has 0 radical (unpaired) electrons. The van der Waals surface area contributed by atoms with E-state index >= 15 is 0 Å². The Morgan fingerprint density at radius 1 is 1.56 bits per heavy atom. The number of hydrogen-bond donors (Lipinski definition) is 1. The van der Waals surface area contributed by atoms with Crippen LogP contribution in [0.2, 0.25) is 0 Å². The molecular weight excluding hydrogens is 117 g/mol. The van der Waals surface area contributed by atoms with Gasteiger partial charge in [0.05, 0.1) is 0 Å². The van der Waals surface area contributed by atoms with Gasteiger partial charge < -0.3 is 5.73 Å². The lowest BCUT2D eigenvalue weighted by Crippen LogP contribution is -2.39. The molecular formula is C7H16FN. The molecule has 0 bridgehead atoms. The zero-order valence-corrected chi connectivity index (χ0v) is 6.45. The van der Waals surface area contributed by atoms with Gasteiger partial charge in [0.2, 0.25) is 0 Å². The Morgan fingerprint density at radius 2 is 2.00 bits per heavy atom. The molecule has 0 aromatic rings. The number of halogens is 1. The molecule has 0 heterocycles. The van der Waals surface area contributed by atoms with Crippen LogP contribution in [0.4, 0.5) is 4.39 Å². The smallest absolute Gasteiger partial charge is 0.107 e. The predicted octanol–water partition coefficient (Wildman–Crippen LogP) is 1.72. The highest BCUT2D eigenvalue weighted by atomic mass is 19.1. The maximum absolute atomic E-state index is 12.0. The van der Waals surface area contributed by atoms with E-state index in [4.69, 9.17) is 5.73 Å². The molecule has 0 aromatic carbocycles. The summed E-state index contributed by atoms with van der Waals surface area (Å²) in [6.45, 7) is 5.40. The van der Waals surface area contributed by atoms with Crippen LogP contribution in [0.5, 0.6) is 0 Å². The highest BCUT2D eigenvalue weighted by Crippen LogP contribution is 2.13. The topological polar surface area (TPSA) is 26.0 Å². The van der Waals surface area contributed by atoms with Gasteiger partial charge in [-0.25, -0.2) is 4.39 Å². The van der Waals surface area contributed by atoms with E-state index in [1.807, 2.05) is 13.8 Å². The molecule has 9 heavy (non-hydrogen) atoms. The van der Waals surface area contributed by atoms with Gasteiger partial charge in [0.25, 0.3) is 0 Å². The van der Waals surface area contributed by atoms with Crippen LogP contribution >= 0.6 is 0 Å². The minimum absolute atomic E-state index is 0.425. The zero-order valence-electron chi connectivity index (χ0n) is 6.45. The van der Waals surface area contributed by atoms with Crippen molar-refractivity contribution in [1.29, 1.82) is 0 Å². The van der Waals surface area contributed by atoms with E-state index in [0.717, 1.165) is 6.42 Å². The summed E-state index contributed by atoms with van der Waals surface area (Å²) >= 11 is 0. The van der Waals surface area contributed by atoms with Crippen LogP contribution in [-0.2, 0) is 0 Å². The molecule has 0 saturated carbocycles. The fraction of sp³-hybridized carbons (Fsp3) is 1.00. The Balaban J connectivity index is 3.58. The molecule has 2 heteroatoms. The third-order valence-corrected chi connectivity index (χ3v) is 1.18. The molecule has 1 atom stereocenters. The summed E-state index contributed by atoms with van der Waals surface area (Å²) in [4.78, 5) is 0. The summed E-state index contributed by atoms with van der Waals surface area (Å²) in [5.41, 5.74) is 4.94. The molecule has 0 aliphatic heterocycles. The van der Waals surface area contributed by atoms with E-state index in [2.05, 4.69) is 0 Å². The summed E-state index contributed by atoms with van der Waals surface area (Å²) in [6.07, 6.45) is 0.753. The van der Waals surface area contributed by atoms with Crippen molar-refractivity contribution in [1.82, 2.24) is 0 Å². The van der Waals surface area contributed by atoms with Crippen molar-refractivity contribution in [2.75, 3.05) is 6.67 Å². The SMILES string of the molecule is CC(C)C[C@@](C)(N)CF. The first-order valence-corrected chi connectivity index (χ1v) is 3.33. The molecule has 0 saturated heterocycles. The van der Waals surface area contributed by atoms with Gasteiger partial charge >= 0.3 is 0 Å². The molecule has 0 aliphatic carbocycles. The lowest BCUT2D eigenvalue weighted by Gasteiger charge is -2.22. The van der Waals surface area contributed by atoms with Crippen LogP contribution < -0.4 is 5.73 Å². The Bertz CT molecular complexity index is 79.0. The number of hydrogen-bond acceptors (Lipinski definition) is 1. The van der Waals surface area contributed by atoms with Crippen molar-refractivity contribution >= 4 is 0 Å². The molecule has 0 spiro atoms. The molecule has 0 fully saturated rings. The maximum atomic E-state index is 12.0. The fourth-order valence-electron chi connectivity index (χ4n) is 0.987. The van der Waals surface area contributed by atoms with Crippen molar-refractivity contribution < 1.29 is 4.39 Å². The van der Waals surface area contributed by atoms with Crippen molar-refractivity contribution in [3.05, 3.63) is 0 Å². The van der Waals surface area contributed by atoms with Gasteiger partial charge in [0.15, 0.2) is 0 Å². The highest BCUT2D eigenvalue weighted by Gasteiger charge is 2.18. The van der Waals surface area contributed by atoms with Crippen molar-refractivity contribution in [2.24, 2.45) is 11.7 Å². The van der Waals surface area contributed by atoms with Crippen LogP contribution in [0.15, 0.2) is 0 Å². The average molecular weight is 133 g/mol. The predicted molar refractivity (Wildman–Crippen MR) is 38.0 cm³/mol. The number of rotatable bonds is 3. The summed E-state index contributed by atoms with van der Waals surface area (Å²) in [7, 11) is 0. The van der Waals surface area contributed by atoms with E-state index in [-0.39, 0.29) is 0 Å². The van der Waals surface area contributed by atoms with Crippen LogP contribution in [0, 0.1) is 5.92 Å². The van der Waals surface area contributed by atoms with Gasteiger partial charge in [-0.3, -0.25) is 0 Å². The Kier molecular flexibility index (Phi) is 3.12. The minimum atomic E-state index is -0.603. The molecule has 0 rings (SSSR count). The fourth-order valence-corrected chi connectivity index (χ4v) is 0.987. The lowest BCUT2D eigenvalue weighted by molar-refractivity contribution is 0.282. The number of nitrogens with two attached hydrogens (primary N) is 1. The summed E-state index contributed by atoms with van der Waals surface area (Å²) in [5.74, 6) is 0.482. The van der Waals surface area contributed by atoms with Gasteiger partial charge in [-0.05, 0) is 19.3 Å². The Morgan fingerprint density at radius 3 is 2.11 bits per heavy atom. The van der Waals surface area contributed by atoms with E-state index in [1.165, 1.54) is 0 Å². The molecule has 0 aliphatic rings. The van der Waals surface area contributed by atoms with Gasteiger partial charge in [0.1, 0.15) is 6.67 Å². The molecule has 56 valence electrons. The highest BCUT2D eigenvalue weighted by molar-refractivity contribution is 4.78. The second-order valence-corrected chi connectivity index (χ2v) is 3.39. The summed E-state index contributed by atoms with van der Waals surface area (Å²) in [5, 5.41) is 0. The van der Waals surface area contributed by atoms with Gasteiger partial charge in [-0.15, -0.1) is 0 Å². The normalized spacial score (nSPS) is 18.0. The number of alkyl halides is 1. The molecule has 0 amide bonds. The van der Waals surface area contributed by atoms with Crippen LogP contribution in [-0.4, -0.2) is 12.2 Å². The van der Waals surface area contributed by atoms with E-state index in [9.17, 15) is 4.39 Å². The molecule has 0 unspecified atom stereocenters. The average Bonchev–Trinajstić information content (AvgIpc) is 1.63. The third kappa shape index (κ3) is 4.40. The minimum Gasteiger partial charge on any atom is -0.323 e. The van der Waals surface area contributed by atoms with Gasteiger partial charge in [-0.1, -0.05) is 13.8 Å². The maximum Gasteiger partial charge on any atom is 0.107 e. The Labute approximate surface area is 56.4 Å². The third-order valence-electron chi connectivity index (χ3n) is 1.18. The van der Waals surface area contributed by atoms with Crippen molar-refractivity contribution in [3.63, 3.8) is 0 Å². The molecule has 1 nitrogen and oxygen atoms in total. The second-order valence-electron chi connectivity index (χ2n) is 3.39. The van der Waals surface area contributed by atoms with E-state index in [0.29, 0.717) is 5.92 Å². The van der Waals surface area contributed by atoms with Gasteiger partial charge in [-0.2, -0.15) is 0 Å². The van der Waals surface area contributed by atoms with Crippen molar-refractivity contribution in [2.45, 2.75) is 32.7 Å². The molecule has 2 N–H and O–H groups in total. The quantitative estimate of drug-likeness (QED) is 0.623. The van der Waals surface area contributed by atoms with Crippen LogP contribution in [0.1, 0.15) is 27.2 Å². The Hall–Kier alpha value is -0.110. The first-order chi connectivity index (χ1) is 3.98. The van der Waals surface area contributed by atoms with E-state index < -0.39 is 12.2 Å². The standard InChI is InChI=1S/C7H16FN/c1-6(2)4-7(3,9)5-8/h6H,4-5,9H2,1-3H3/t7-/m1/s1. The van der Waals surface area contributed by atoms with Crippen LogP contribution in [0.25, 0.3) is 0 Å². The lowest BCUT2D eigenvalue weighted by atomic mass is 9.93. The largest absolute Gasteiger partial charge is 0.323 e. The molecule has 0 aromatic heterocycles. The van der Waals surface area contributed by atoms with Gasteiger partial charge in [0, 0.05) is 5.54 Å². The monoisotopic (exact) mass is 133 g/mol. The van der Waals surface area contributed by atoms with Crippen LogP contribution in [0.3, 0.4) is 0 Å².